The second-order valence-electron chi connectivity index (χ2n) is 8.26. The molecular formula is C21H20F5N5O. The first-order valence-electron chi connectivity index (χ1n) is 9.47. The molecular weight excluding hydrogens is 433 g/mol. The summed E-state index contributed by atoms with van der Waals surface area (Å²) >= 11 is 0. The molecule has 0 saturated carbocycles. The Labute approximate surface area is 179 Å². The molecule has 0 aliphatic heterocycles. The van der Waals surface area contributed by atoms with Crippen molar-refractivity contribution >= 4 is 28.6 Å². The van der Waals surface area contributed by atoms with E-state index in [1.807, 2.05) is 20.8 Å². The molecule has 0 aliphatic rings. The number of rotatable bonds is 3. The van der Waals surface area contributed by atoms with Crippen molar-refractivity contribution in [2.45, 2.75) is 26.9 Å². The molecule has 32 heavy (non-hydrogen) atoms. The monoisotopic (exact) mass is 453 g/mol. The lowest BCUT2D eigenvalue weighted by molar-refractivity contribution is -0.137. The van der Waals surface area contributed by atoms with Crippen LogP contribution in [0.3, 0.4) is 0 Å². The van der Waals surface area contributed by atoms with Gasteiger partial charge in [-0.1, -0.05) is 20.8 Å². The molecule has 1 amide bonds. The summed E-state index contributed by atoms with van der Waals surface area (Å²) in [5, 5.41) is 11.9. The van der Waals surface area contributed by atoms with Crippen LogP contribution in [-0.2, 0) is 6.18 Å². The van der Waals surface area contributed by atoms with Crippen LogP contribution in [0.4, 0.5) is 27.8 Å². The highest BCUT2D eigenvalue weighted by molar-refractivity contribution is 6.11. The van der Waals surface area contributed by atoms with E-state index in [-0.39, 0.29) is 34.7 Å². The highest BCUT2D eigenvalue weighted by Gasteiger charge is 2.31. The van der Waals surface area contributed by atoms with E-state index in [0.29, 0.717) is 5.52 Å². The molecule has 170 valence electrons. The van der Waals surface area contributed by atoms with Crippen LogP contribution in [0.5, 0.6) is 0 Å². The molecule has 0 bridgehead atoms. The number of aromatic amines is 1. The number of fused-ring (bicyclic) bond motifs is 1. The minimum atomic E-state index is -4.55. The number of nitrogens with zero attached hydrogens (tertiary/aromatic N) is 2. The van der Waals surface area contributed by atoms with Gasteiger partial charge >= 0.3 is 6.18 Å². The number of benzene rings is 2. The van der Waals surface area contributed by atoms with E-state index >= 15 is 0 Å². The summed E-state index contributed by atoms with van der Waals surface area (Å²) in [6, 6.07) is 5.70. The minimum Gasteiger partial charge on any atom is -0.309 e. The number of halogens is 5. The van der Waals surface area contributed by atoms with Crippen molar-refractivity contribution in [1.82, 2.24) is 15.5 Å². The van der Waals surface area contributed by atoms with Crippen LogP contribution in [0.25, 0.3) is 10.9 Å². The largest absolute Gasteiger partial charge is 0.416 e. The highest BCUT2D eigenvalue weighted by Crippen LogP contribution is 2.32. The summed E-state index contributed by atoms with van der Waals surface area (Å²) in [7, 11) is 0. The number of H-pyrrole nitrogens is 1. The fourth-order valence-electron chi connectivity index (χ4n) is 2.64. The Balaban J connectivity index is 1.92. The third kappa shape index (κ3) is 5.59. The summed E-state index contributed by atoms with van der Waals surface area (Å²) in [6.07, 6.45) is -4.55. The third-order valence-electron chi connectivity index (χ3n) is 4.25. The maximum absolute atomic E-state index is 13.5. The van der Waals surface area contributed by atoms with Gasteiger partial charge in [0.25, 0.3) is 5.91 Å². The normalized spacial score (nSPS) is 12.8. The summed E-state index contributed by atoms with van der Waals surface area (Å²) in [4.78, 5) is 16.8. The summed E-state index contributed by atoms with van der Waals surface area (Å²) in [6.45, 7) is 5.92. The molecule has 6 nitrogen and oxygen atoms in total. The summed E-state index contributed by atoms with van der Waals surface area (Å²) in [5.41, 5.74) is -0.979. The number of aromatic nitrogens is 2. The van der Waals surface area contributed by atoms with Gasteiger partial charge in [-0.15, -0.1) is 0 Å². The number of amides is 1. The Bertz CT molecular complexity index is 1180. The standard InChI is InChI=1S/C21H20F5N5O/c1-20(2,3)10-27-19(29-18(32)11-4-6-14(22)15(23)8-11)28-17-13-9-12(21(24,25)26)5-7-16(13)30-31-17/h4-9H,10H2,1-3H3,(H3,27,28,29,30,31,32). The van der Waals surface area contributed by atoms with Gasteiger partial charge in [-0.3, -0.25) is 20.2 Å². The third-order valence-corrected chi connectivity index (χ3v) is 4.25. The molecule has 0 spiro atoms. The lowest BCUT2D eigenvalue weighted by Gasteiger charge is -2.17. The molecule has 3 rings (SSSR count). The Morgan fingerprint density at radius 3 is 2.41 bits per heavy atom. The Morgan fingerprint density at radius 2 is 1.78 bits per heavy atom. The van der Waals surface area contributed by atoms with E-state index in [1.54, 1.807) is 0 Å². The molecule has 0 atom stereocenters. The van der Waals surface area contributed by atoms with Gasteiger partial charge in [0.1, 0.15) is 0 Å². The smallest absolute Gasteiger partial charge is 0.309 e. The lowest BCUT2D eigenvalue weighted by atomic mass is 9.97. The number of carbonyl (C=O) groups excluding carboxylic acids is 1. The number of guanidine groups is 1. The molecule has 0 radical (unpaired) electrons. The van der Waals surface area contributed by atoms with E-state index in [4.69, 9.17) is 0 Å². The molecule has 0 unspecified atom stereocenters. The lowest BCUT2D eigenvalue weighted by Crippen LogP contribution is -2.37. The van der Waals surface area contributed by atoms with Crippen molar-refractivity contribution in [3.05, 3.63) is 59.2 Å². The molecule has 3 aromatic rings. The van der Waals surface area contributed by atoms with Crippen molar-refractivity contribution in [2.75, 3.05) is 11.9 Å². The van der Waals surface area contributed by atoms with Crippen LogP contribution in [0, 0.1) is 17.0 Å². The van der Waals surface area contributed by atoms with Crippen molar-refractivity contribution in [1.29, 1.82) is 0 Å². The number of alkyl halides is 3. The summed E-state index contributed by atoms with van der Waals surface area (Å²) in [5.74, 6) is -3.20. The van der Waals surface area contributed by atoms with Crippen molar-refractivity contribution < 1.29 is 26.7 Å². The van der Waals surface area contributed by atoms with E-state index in [1.165, 1.54) is 6.07 Å². The van der Waals surface area contributed by atoms with Crippen LogP contribution in [0.15, 0.2) is 41.4 Å². The Hall–Kier alpha value is -3.50. The SMILES string of the molecule is CC(C)(C)CN=C(NC(=O)c1ccc(F)c(F)c1)Nc1n[nH]c2ccc(C(F)(F)F)cc12. The van der Waals surface area contributed by atoms with Gasteiger partial charge in [0.15, 0.2) is 17.5 Å². The van der Waals surface area contributed by atoms with Gasteiger partial charge in [0.2, 0.25) is 5.96 Å². The fraction of sp³-hybridized carbons (Fsp3) is 0.286. The van der Waals surface area contributed by atoms with Crippen LogP contribution < -0.4 is 10.6 Å². The predicted octanol–water partition coefficient (Wildman–Crippen LogP) is 5.10. The van der Waals surface area contributed by atoms with Gasteiger partial charge < -0.3 is 5.32 Å². The number of hydrogen-bond acceptors (Lipinski definition) is 3. The van der Waals surface area contributed by atoms with Crippen molar-refractivity contribution in [3.63, 3.8) is 0 Å². The number of aliphatic imine (C=N–C) groups is 1. The van der Waals surface area contributed by atoms with Gasteiger partial charge in [-0.05, 0) is 41.8 Å². The Morgan fingerprint density at radius 1 is 1.06 bits per heavy atom. The second kappa shape index (κ2) is 8.56. The number of anilines is 1. The molecule has 1 aromatic heterocycles. The average molecular weight is 453 g/mol. The molecule has 11 heteroatoms. The molecule has 1 heterocycles. The van der Waals surface area contributed by atoms with Crippen molar-refractivity contribution in [3.8, 4) is 0 Å². The van der Waals surface area contributed by atoms with Gasteiger partial charge in [0.05, 0.1) is 11.1 Å². The predicted molar refractivity (Wildman–Crippen MR) is 110 cm³/mol. The topological polar surface area (TPSA) is 82.2 Å². The molecule has 2 aromatic carbocycles. The first-order valence-corrected chi connectivity index (χ1v) is 9.47. The maximum Gasteiger partial charge on any atom is 0.416 e. The van der Waals surface area contributed by atoms with Gasteiger partial charge in [-0.25, -0.2) is 8.78 Å². The van der Waals surface area contributed by atoms with E-state index in [0.717, 1.165) is 30.3 Å². The second-order valence-corrected chi connectivity index (χ2v) is 8.26. The molecule has 0 saturated heterocycles. The summed E-state index contributed by atoms with van der Waals surface area (Å²) < 4.78 is 65.9. The highest BCUT2D eigenvalue weighted by atomic mass is 19.4. The molecule has 0 aliphatic carbocycles. The number of carbonyl (C=O) groups is 1. The molecule has 3 N–H and O–H groups in total. The quantitative estimate of drug-likeness (QED) is 0.293. The zero-order valence-corrected chi connectivity index (χ0v) is 17.4. The number of nitrogens with one attached hydrogen (secondary N) is 3. The zero-order valence-electron chi connectivity index (χ0n) is 17.4. The Kier molecular flexibility index (Phi) is 6.20. The zero-order chi connectivity index (χ0) is 23.7. The van der Waals surface area contributed by atoms with Crippen molar-refractivity contribution in [2.24, 2.45) is 10.4 Å². The van der Waals surface area contributed by atoms with E-state index in [9.17, 15) is 26.7 Å². The first-order chi connectivity index (χ1) is 14.8. The molecule has 0 fully saturated rings. The average Bonchev–Trinajstić information content (AvgIpc) is 3.09. The van der Waals surface area contributed by atoms with Gasteiger partial charge in [-0.2, -0.15) is 18.3 Å². The maximum atomic E-state index is 13.5. The minimum absolute atomic E-state index is 0.00402. The first kappa shape index (κ1) is 23.2. The van der Waals surface area contributed by atoms with Crippen LogP contribution in [0.2, 0.25) is 0 Å². The fourth-order valence-corrected chi connectivity index (χ4v) is 2.64. The van der Waals surface area contributed by atoms with E-state index in [2.05, 4.69) is 25.8 Å². The van der Waals surface area contributed by atoms with Crippen LogP contribution >= 0.6 is 0 Å². The van der Waals surface area contributed by atoms with E-state index < -0.39 is 29.3 Å². The number of hydrogen-bond donors (Lipinski definition) is 3. The van der Waals surface area contributed by atoms with Gasteiger partial charge in [0, 0.05) is 17.5 Å². The van der Waals surface area contributed by atoms with Crippen LogP contribution in [0.1, 0.15) is 36.7 Å². The van der Waals surface area contributed by atoms with Crippen LogP contribution in [-0.4, -0.2) is 28.6 Å².